The van der Waals surface area contributed by atoms with E-state index in [1.165, 1.54) is 122 Å². The Hall–Kier alpha value is -2.15. The molecule has 0 spiro atoms. The minimum absolute atomic E-state index is 0.00966. The minimum atomic E-state index is -1.00. The van der Waals surface area contributed by atoms with Gasteiger partial charge in [-0.05, 0) is 90.0 Å². The first-order valence-electron chi connectivity index (χ1n) is 23.2. The fourth-order valence-corrected chi connectivity index (χ4v) is 7.01. The number of rotatable bonds is 42. The lowest BCUT2D eigenvalue weighted by Gasteiger charge is -2.18. The quantitative estimate of drug-likeness (QED) is 0.0324. The largest absolute Gasteiger partial charge is 0.480 e. The van der Waals surface area contributed by atoms with E-state index in [9.17, 15) is 19.5 Å². The molecule has 0 radical (unpaired) electrons. The molecule has 54 heavy (non-hydrogen) atoms. The van der Waals surface area contributed by atoms with Gasteiger partial charge in [0.05, 0.1) is 0 Å². The predicted molar refractivity (Wildman–Crippen MR) is 230 cm³/mol. The van der Waals surface area contributed by atoms with Crippen LogP contribution in [0.1, 0.15) is 239 Å². The van der Waals surface area contributed by atoms with E-state index in [0.29, 0.717) is 32.2 Å². The summed E-state index contributed by atoms with van der Waals surface area (Å²) in [4.78, 5) is 36.4. The van der Waals surface area contributed by atoms with E-state index in [0.717, 1.165) is 77.0 Å². The summed E-state index contributed by atoms with van der Waals surface area (Å²) < 4.78 is 6.06. The Labute approximate surface area is 333 Å². The molecule has 0 aliphatic carbocycles. The van der Waals surface area contributed by atoms with E-state index in [4.69, 9.17) is 10.5 Å². The lowest BCUT2D eigenvalue weighted by molar-refractivity contribution is -0.150. The van der Waals surface area contributed by atoms with E-state index in [1.54, 1.807) is 0 Å². The van der Waals surface area contributed by atoms with Gasteiger partial charge in [-0.15, -0.1) is 0 Å². The van der Waals surface area contributed by atoms with Crippen LogP contribution < -0.4 is 11.1 Å². The van der Waals surface area contributed by atoms with Crippen molar-refractivity contribution in [2.45, 2.75) is 251 Å². The van der Waals surface area contributed by atoms with Crippen LogP contribution in [-0.2, 0) is 19.1 Å². The Morgan fingerprint density at radius 2 is 0.963 bits per heavy atom. The second-order valence-corrected chi connectivity index (χ2v) is 15.8. The van der Waals surface area contributed by atoms with Gasteiger partial charge in [0.2, 0.25) is 5.91 Å². The lowest BCUT2D eigenvalue weighted by atomic mass is 10.0. The van der Waals surface area contributed by atoms with Gasteiger partial charge in [-0.3, -0.25) is 9.59 Å². The van der Waals surface area contributed by atoms with E-state index in [-0.39, 0.29) is 18.0 Å². The number of ether oxygens (including phenoxy) is 1. The molecule has 4 N–H and O–H groups in total. The fourth-order valence-electron chi connectivity index (χ4n) is 7.01. The smallest absolute Gasteiger partial charge is 0.326 e. The number of esters is 1. The van der Waals surface area contributed by atoms with Crippen molar-refractivity contribution in [3.05, 3.63) is 24.3 Å². The van der Waals surface area contributed by atoms with Crippen LogP contribution in [0.4, 0.5) is 0 Å². The van der Waals surface area contributed by atoms with Crippen LogP contribution >= 0.6 is 0 Å². The van der Waals surface area contributed by atoms with Crippen molar-refractivity contribution in [2.75, 3.05) is 6.54 Å². The molecule has 0 aromatic rings. The molecular formula is C47H88N2O5. The Balaban J connectivity index is 4.33. The number of aliphatic carboxylic acids is 1. The number of unbranched alkanes of at least 4 members (excludes halogenated alkanes) is 24. The van der Waals surface area contributed by atoms with Crippen LogP contribution in [-0.4, -0.2) is 41.6 Å². The van der Waals surface area contributed by atoms with Crippen LogP contribution in [0.15, 0.2) is 24.3 Å². The highest BCUT2D eigenvalue weighted by Crippen LogP contribution is 2.19. The second kappa shape index (κ2) is 42.0. The van der Waals surface area contributed by atoms with Gasteiger partial charge in [0.1, 0.15) is 12.1 Å². The average Bonchev–Trinajstić information content (AvgIpc) is 3.16. The topological polar surface area (TPSA) is 119 Å². The van der Waals surface area contributed by atoms with E-state index < -0.39 is 12.0 Å². The number of hydrogen-bond acceptors (Lipinski definition) is 5. The van der Waals surface area contributed by atoms with E-state index in [2.05, 4.69) is 43.5 Å². The Kier molecular flexibility index (Phi) is 40.3. The molecule has 0 rings (SSSR count). The number of amides is 1. The number of carboxylic acids is 1. The first-order chi connectivity index (χ1) is 26.4. The van der Waals surface area contributed by atoms with Crippen molar-refractivity contribution in [2.24, 2.45) is 5.73 Å². The SMILES string of the molecule is CCCCC/C=C\C/C=C\CCCCCCCC(=O)OC(CCCCCCCCCCCCCCC)CCCCCCCC(=O)NC(CCCN)C(=O)O. The average molecular weight is 761 g/mol. The summed E-state index contributed by atoms with van der Waals surface area (Å²) in [5.41, 5.74) is 5.49. The number of nitrogens with two attached hydrogens (primary N) is 1. The van der Waals surface area contributed by atoms with Crippen molar-refractivity contribution in [1.82, 2.24) is 5.32 Å². The number of hydrogen-bond donors (Lipinski definition) is 3. The molecule has 0 saturated carbocycles. The van der Waals surface area contributed by atoms with Gasteiger partial charge >= 0.3 is 11.9 Å². The number of carbonyl (C=O) groups excluding carboxylic acids is 2. The molecule has 2 unspecified atom stereocenters. The van der Waals surface area contributed by atoms with Gasteiger partial charge in [-0.25, -0.2) is 4.79 Å². The van der Waals surface area contributed by atoms with Gasteiger partial charge in [0.15, 0.2) is 0 Å². The van der Waals surface area contributed by atoms with Gasteiger partial charge < -0.3 is 20.9 Å². The molecule has 7 nitrogen and oxygen atoms in total. The number of allylic oxidation sites excluding steroid dienone is 4. The van der Waals surface area contributed by atoms with Crippen LogP contribution in [0.3, 0.4) is 0 Å². The molecule has 0 aliphatic rings. The first kappa shape index (κ1) is 51.9. The van der Waals surface area contributed by atoms with Crippen molar-refractivity contribution >= 4 is 17.8 Å². The summed E-state index contributed by atoms with van der Waals surface area (Å²) in [6.07, 6.45) is 47.9. The molecule has 7 heteroatoms. The van der Waals surface area contributed by atoms with Crippen LogP contribution in [0.2, 0.25) is 0 Å². The van der Waals surface area contributed by atoms with E-state index >= 15 is 0 Å². The number of carboxylic acid groups (broad SMARTS) is 1. The standard InChI is InChI=1S/C47H88N2O5/c1-3-5-7-9-11-13-15-17-18-20-22-24-26-31-35-41-46(51)54-43(37-32-28-25-23-21-19-16-14-12-10-8-6-4-2)38-33-29-27-30-34-40-45(50)49-44(47(52)53)39-36-42-48/h11,13,17-18,43-44H,3-10,12,14-16,19-42,48H2,1-2H3,(H,49,50)(H,52,53)/b13-11-,18-17-. The highest BCUT2D eigenvalue weighted by Gasteiger charge is 2.19. The fraction of sp³-hybridized carbons (Fsp3) is 0.851. The summed E-state index contributed by atoms with van der Waals surface area (Å²) in [6, 6.07) is -0.856. The Bertz CT molecular complexity index is 905. The molecule has 0 heterocycles. The van der Waals surface area contributed by atoms with Crippen LogP contribution in [0.5, 0.6) is 0 Å². The molecule has 0 fully saturated rings. The molecule has 0 saturated heterocycles. The third-order valence-corrected chi connectivity index (χ3v) is 10.5. The summed E-state index contributed by atoms with van der Waals surface area (Å²) in [5, 5.41) is 11.9. The molecule has 1 amide bonds. The Morgan fingerprint density at radius 3 is 1.46 bits per heavy atom. The summed E-state index contributed by atoms with van der Waals surface area (Å²) in [6.45, 7) is 4.93. The second-order valence-electron chi connectivity index (χ2n) is 15.8. The molecule has 0 aromatic carbocycles. The highest BCUT2D eigenvalue weighted by atomic mass is 16.5. The monoisotopic (exact) mass is 761 g/mol. The van der Waals surface area contributed by atoms with Gasteiger partial charge in [0, 0.05) is 12.8 Å². The zero-order valence-electron chi connectivity index (χ0n) is 35.6. The highest BCUT2D eigenvalue weighted by molar-refractivity contribution is 5.83. The van der Waals surface area contributed by atoms with Crippen molar-refractivity contribution in [1.29, 1.82) is 0 Å². The van der Waals surface area contributed by atoms with Crippen LogP contribution in [0, 0.1) is 0 Å². The molecule has 0 aliphatic heterocycles. The van der Waals surface area contributed by atoms with Gasteiger partial charge in [-0.2, -0.15) is 0 Å². The normalized spacial score (nSPS) is 12.8. The molecule has 0 bridgehead atoms. The Morgan fingerprint density at radius 1 is 0.537 bits per heavy atom. The zero-order chi connectivity index (χ0) is 39.6. The summed E-state index contributed by atoms with van der Waals surface area (Å²) >= 11 is 0. The lowest BCUT2D eigenvalue weighted by Crippen LogP contribution is -2.40. The molecule has 2 atom stereocenters. The van der Waals surface area contributed by atoms with Crippen molar-refractivity contribution in [3.63, 3.8) is 0 Å². The maximum atomic E-state index is 12.8. The number of carbonyl (C=O) groups is 3. The summed E-state index contributed by atoms with van der Waals surface area (Å²) in [7, 11) is 0. The molecule has 0 aromatic heterocycles. The third-order valence-electron chi connectivity index (χ3n) is 10.5. The van der Waals surface area contributed by atoms with Crippen LogP contribution in [0.25, 0.3) is 0 Å². The van der Waals surface area contributed by atoms with Gasteiger partial charge in [-0.1, -0.05) is 167 Å². The predicted octanol–water partition coefficient (Wildman–Crippen LogP) is 13.2. The molecule has 316 valence electrons. The summed E-state index contributed by atoms with van der Waals surface area (Å²) in [5.74, 6) is -1.23. The zero-order valence-corrected chi connectivity index (χ0v) is 35.6. The number of nitrogens with one attached hydrogen (secondary N) is 1. The first-order valence-corrected chi connectivity index (χ1v) is 23.2. The maximum absolute atomic E-state index is 12.8. The maximum Gasteiger partial charge on any atom is 0.326 e. The minimum Gasteiger partial charge on any atom is -0.480 e. The van der Waals surface area contributed by atoms with Crippen molar-refractivity contribution < 1.29 is 24.2 Å². The third kappa shape index (κ3) is 38.1. The van der Waals surface area contributed by atoms with Crippen molar-refractivity contribution in [3.8, 4) is 0 Å². The van der Waals surface area contributed by atoms with Gasteiger partial charge in [0.25, 0.3) is 0 Å². The molecular weight excluding hydrogens is 673 g/mol. The van der Waals surface area contributed by atoms with E-state index in [1.807, 2.05) is 0 Å².